The van der Waals surface area contributed by atoms with E-state index >= 15 is 4.79 Å². The number of carbonyl (C=O) groups excluding carboxylic acids is 1. The van der Waals surface area contributed by atoms with Crippen molar-refractivity contribution >= 4 is 28.1 Å². The highest BCUT2D eigenvalue weighted by Crippen LogP contribution is 2.62. The number of amides is 1. The number of nitro groups is 1. The summed E-state index contributed by atoms with van der Waals surface area (Å²) in [5, 5.41) is 38.6. The zero-order valence-electron chi connectivity index (χ0n) is 38.8. The van der Waals surface area contributed by atoms with E-state index in [2.05, 4.69) is 36.9 Å². The summed E-state index contributed by atoms with van der Waals surface area (Å²) in [4.78, 5) is 34.4. The molecule has 69 heavy (non-hydrogen) atoms. The molecule has 0 unspecified atom stereocenters. The van der Waals surface area contributed by atoms with E-state index in [9.17, 15) is 24.7 Å². The fourth-order valence-electron chi connectivity index (χ4n) is 10.9. The maximum Gasteiger partial charge on any atom is 0.269 e. The molecule has 5 aromatic carbocycles. The number of unbranched alkanes of at least 4 members (excludes halogenated alkanes) is 2. The number of ether oxygens (including phenoxy) is 3. The van der Waals surface area contributed by atoms with Gasteiger partial charge in [0.25, 0.3) is 5.69 Å². The van der Waals surface area contributed by atoms with Crippen molar-refractivity contribution in [3.8, 4) is 11.5 Å². The number of hydrogen-bond acceptors (Lipinski definition) is 10. The van der Waals surface area contributed by atoms with Crippen LogP contribution in [0.4, 0.5) is 10.1 Å². The Hall–Kier alpha value is -6.41. The number of non-ortho nitro benzene ring substituents is 1. The number of aliphatic hydroxyl groups excluding tert-OH is 2. The maximum atomic E-state index is 15.2. The molecule has 2 saturated carbocycles. The van der Waals surface area contributed by atoms with Gasteiger partial charge in [-0.3, -0.25) is 14.9 Å². The van der Waals surface area contributed by atoms with Crippen LogP contribution in [-0.2, 0) is 34.1 Å². The van der Waals surface area contributed by atoms with E-state index in [-0.39, 0.29) is 87.1 Å². The smallest absolute Gasteiger partial charge is 0.269 e. The van der Waals surface area contributed by atoms with Gasteiger partial charge in [-0.15, -0.1) is 6.58 Å². The molecule has 4 aliphatic rings. The largest absolute Gasteiger partial charge is 0.489 e. The summed E-state index contributed by atoms with van der Waals surface area (Å²) in [5.74, 6) is -1.74. The van der Waals surface area contributed by atoms with Gasteiger partial charge in [-0.05, 0) is 114 Å². The van der Waals surface area contributed by atoms with Gasteiger partial charge in [0.2, 0.25) is 11.7 Å². The molecule has 0 radical (unpaired) electrons. The monoisotopic (exact) mass is 937 g/mol. The van der Waals surface area contributed by atoms with Gasteiger partial charge in [0.1, 0.15) is 36.6 Å². The molecule has 1 amide bonds. The molecule has 0 bridgehead atoms. The summed E-state index contributed by atoms with van der Waals surface area (Å²) in [6.07, 6.45) is 10.0. The van der Waals surface area contributed by atoms with Crippen LogP contribution in [0.5, 0.6) is 11.5 Å². The summed E-state index contributed by atoms with van der Waals surface area (Å²) < 4.78 is 36.0. The summed E-state index contributed by atoms with van der Waals surface area (Å²) >= 11 is 0. The van der Waals surface area contributed by atoms with Gasteiger partial charge in [0, 0.05) is 61.3 Å². The molecular formula is C56H60FN3O9. The Balaban J connectivity index is 1.23. The summed E-state index contributed by atoms with van der Waals surface area (Å²) in [5.41, 5.74) is 4.48. The summed E-state index contributed by atoms with van der Waals surface area (Å²) in [7, 11) is 0. The second-order valence-corrected chi connectivity index (χ2v) is 18.7. The first-order valence-corrected chi connectivity index (χ1v) is 24.3. The molecule has 0 spiro atoms. The highest BCUT2D eigenvalue weighted by molar-refractivity contribution is 6.03. The lowest BCUT2D eigenvalue weighted by atomic mass is 9.55. The van der Waals surface area contributed by atoms with E-state index in [4.69, 9.17) is 24.2 Å². The SMILES string of the molecule is C=CCO[C@@]12Oc3ccc(OCc4ccccc4F)cc3[C@H]3[C@H](CCCCO)[C@@H](CCCCO)C=C(C(=NOCc4ccc([N+](=O)[O-])cc4)C[C@@H]1N(Cc1cccc4ccccc14)C(=O)C1CC1)[C@H]32. The second-order valence-electron chi connectivity index (χ2n) is 18.7. The van der Waals surface area contributed by atoms with E-state index in [0.717, 1.165) is 66.0 Å². The van der Waals surface area contributed by atoms with Gasteiger partial charge in [0.05, 0.1) is 23.2 Å². The number of allylic oxidation sites excluding steroid dienone is 1. The van der Waals surface area contributed by atoms with Gasteiger partial charge < -0.3 is 34.2 Å². The fourth-order valence-corrected chi connectivity index (χ4v) is 10.9. The number of carbonyl (C=O) groups is 1. The minimum atomic E-state index is -1.47. The first-order chi connectivity index (χ1) is 33.7. The Morgan fingerprint density at radius 3 is 2.41 bits per heavy atom. The molecule has 12 nitrogen and oxygen atoms in total. The molecule has 5 aromatic rings. The van der Waals surface area contributed by atoms with Crippen molar-refractivity contribution in [2.75, 3.05) is 19.8 Å². The zero-order chi connectivity index (χ0) is 47.9. The number of hydrogen-bond donors (Lipinski definition) is 2. The molecule has 3 aliphatic carbocycles. The van der Waals surface area contributed by atoms with E-state index in [0.29, 0.717) is 41.2 Å². The van der Waals surface area contributed by atoms with Gasteiger partial charge in [-0.1, -0.05) is 90.8 Å². The summed E-state index contributed by atoms with van der Waals surface area (Å²) in [6.45, 7) is 4.64. The second kappa shape index (κ2) is 21.5. The number of rotatable bonds is 22. The molecule has 0 aromatic heterocycles. The number of benzene rings is 5. The van der Waals surface area contributed by atoms with Crippen molar-refractivity contribution in [1.29, 1.82) is 0 Å². The Labute approximate surface area is 402 Å². The van der Waals surface area contributed by atoms with E-state index in [1.54, 1.807) is 36.4 Å². The predicted octanol–water partition coefficient (Wildman–Crippen LogP) is 10.7. The lowest BCUT2D eigenvalue weighted by molar-refractivity contribution is -0.384. The Kier molecular flexibility index (Phi) is 14.8. The van der Waals surface area contributed by atoms with Gasteiger partial charge in [-0.2, -0.15) is 0 Å². The minimum absolute atomic E-state index is 0.00570. The lowest BCUT2D eigenvalue weighted by Crippen LogP contribution is -2.70. The molecule has 2 N–H and O–H groups in total. The highest BCUT2D eigenvalue weighted by atomic mass is 19.1. The minimum Gasteiger partial charge on any atom is -0.489 e. The zero-order valence-corrected chi connectivity index (χ0v) is 38.8. The van der Waals surface area contributed by atoms with Gasteiger partial charge in [-0.25, -0.2) is 4.39 Å². The maximum absolute atomic E-state index is 15.2. The number of halogens is 1. The van der Waals surface area contributed by atoms with Crippen molar-refractivity contribution < 1.29 is 43.4 Å². The first-order valence-electron chi connectivity index (χ1n) is 24.3. The van der Waals surface area contributed by atoms with Crippen LogP contribution < -0.4 is 9.47 Å². The number of nitrogens with zero attached hydrogens (tertiary/aromatic N) is 3. The molecule has 1 heterocycles. The topological polar surface area (TPSA) is 153 Å². The number of nitro benzene ring substituents is 1. The van der Waals surface area contributed by atoms with Crippen molar-refractivity contribution in [1.82, 2.24) is 4.90 Å². The van der Waals surface area contributed by atoms with Gasteiger partial charge in [0.15, 0.2) is 0 Å². The molecule has 1 aliphatic heterocycles. The van der Waals surface area contributed by atoms with Crippen molar-refractivity contribution in [2.24, 2.45) is 28.8 Å². The third-order valence-corrected chi connectivity index (χ3v) is 14.4. The van der Waals surface area contributed by atoms with Crippen LogP contribution in [-0.4, -0.2) is 63.3 Å². The molecule has 9 rings (SSSR count). The predicted molar refractivity (Wildman–Crippen MR) is 261 cm³/mol. The first kappa shape index (κ1) is 47.6. The number of fused-ring (bicyclic) bond motifs is 3. The third-order valence-electron chi connectivity index (χ3n) is 14.4. The van der Waals surface area contributed by atoms with Crippen LogP contribution in [0.2, 0.25) is 0 Å². The summed E-state index contributed by atoms with van der Waals surface area (Å²) in [6, 6.07) is 32.1. The van der Waals surface area contributed by atoms with E-state index in [1.807, 2.05) is 41.3 Å². The lowest BCUT2D eigenvalue weighted by Gasteiger charge is -2.60. The Morgan fingerprint density at radius 2 is 1.65 bits per heavy atom. The fraction of sp³-hybridized carbons (Fsp3) is 0.393. The number of oxime groups is 1. The standard InChI is InChI=1S/C56H60FN3O9/c1-2-30-67-56-52(59(55(63)39-22-23-39)34-41-16-11-15-38-12-3-5-17-45(38)41)33-50(58-68-35-37-20-24-43(25-21-37)60(64)65)47-31-40(13-7-9-28-61)46(18-8-10-29-62)53(54(47)56)48-32-44(26-27-51(48)69-56)66-36-42-14-4-6-19-49(42)57/h2-6,11-12,14-17,19-21,24-27,31-32,39-40,46,52-54,61-62H,1,7-10,13,18,22-23,28-30,33-36H2/t40-,46+,52-,53+,54+,56+/m0/s1. The van der Waals surface area contributed by atoms with Crippen molar-refractivity contribution in [2.45, 2.75) is 95.3 Å². The molecule has 0 saturated heterocycles. The van der Waals surface area contributed by atoms with Gasteiger partial charge >= 0.3 is 0 Å². The normalized spacial score (nSPS) is 23.0. The van der Waals surface area contributed by atoms with Crippen molar-refractivity contribution in [3.05, 3.63) is 172 Å². The average Bonchev–Trinajstić information content (AvgIpc) is 4.22. The van der Waals surface area contributed by atoms with Crippen LogP contribution in [0.1, 0.15) is 86.0 Å². The van der Waals surface area contributed by atoms with Crippen molar-refractivity contribution in [3.63, 3.8) is 0 Å². The quantitative estimate of drug-likeness (QED) is 0.0299. The average molecular weight is 938 g/mol. The third kappa shape index (κ3) is 10.2. The van der Waals surface area contributed by atoms with E-state index in [1.165, 1.54) is 18.2 Å². The van der Waals surface area contributed by atoms with Crippen LogP contribution in [0.15, 0.2) is 139 Å². The van der Waals surface area contributed by atoms with Crippen LogP contribution >= 0.6 is 0 Å². The molecule has 13 heteroatoms. The molecule has 360 valence electrons. The molecule has 6 atom stereocenters. The van der Waals surface area contributed by atoms with Crippen LogP contribution in [0, 0.1) is 39.6 Å². The molecular weight excluding hydrogens is 878 g/mol. The number of aliphatic hydroxyl groups is 2. The molecule has 2 fully saturated rings. The van der Waals surface area contributed by atoms with E-state index < -0.39 is 22.7 Å². The highest BCUT2D eigenvalue weighted by Gasteiger charge is 2.66. The van der Waals surface area contributed by atoms with Crippen LogP contribution in [0.25, 0.3) is 10.8 Å². The Bertz CT molecular complexity index is 2700. The Morgan fingerprint density at radius 1 is 0.913 bits per heavy atom. The van der Waals surface area contributed by atoms with Crippen LogP contribution in [0.3, 0.4) is 0 Å².